The highest BCUT2D eigenvalue weighted by atomic mass is 32.2. The van der Waals surface area contributed by atoms with E-state index in [-0.39, 0.29) is 6.04 Å². The first-order valence-corrected chi connectivity index (χ1v) is 6.41. The van der Waals surface area contributed by atoms with Gasteiger partial charge in [0.05, 0.1) is 0 Å². The third kappa shape index (κ3) is 3.06. The summed E-state index contributed by atoms with van der Waals surface area (Å²) in [5, 5.41) is 10.9. The number of hydrogen-bond acceptors (Lipinski definition) is 3. The van der Waals surface area contributed by atoms with Crippen molar-refractivity contribution in [2.24, 2.45) is 0 Å². The lowest BCUT2D eigenvalue weighted by molar-refractivity contribution is 0.182. The van der Waals surface area contributed by atoms with Crippen molar-refractivity contribution in [2.45, 2.75) is 18.9 Å². The Morgan fingerprint density at radius 3 is 2.25 bits per heavy atom. The van der Waals surface area contributed by atoms with Crippen molar-refractivity contribution in [3.63, 3.8) is 0 Å². The normalized spacial score (nSPS) is 19.9. The van der Waals surface area contributed by atoms with E-state index >= 15 is 0 Å². The van der Waals surface area contributed by atoms with Gasteiger partial charge in [0.1, 0.15) is 0 Å². The molecule has 0 aromatic carbocycles. The Balaban J connectivity index is 2.52. The fourth-order valence-corrected chi connectivity index (χ4v) is 2.77. The molecular weight excluding hydrogens is 234 g/mol. The Hall–Kier alpha value is -0.860. The molecule has 16 heavy (non-hydrogen) atoms. The number of nitrogens with zero attached hydrogens (tertiary/aromatic N) is 2. The summed E-state index contributed by atoms with van der Waals surface area (Å²) in [6.45, 7) is 0.705. The first kappa shape index (κ1) is 13.2. The first-order valence-electron chi connectivity index (χ1n) is 5.01. The first-order chi connectivity index (χ1) is 7.34. The molecule has 1 saturated heterocycles. The molecule has 0 radical (unpaired) electrons. The number of piperidine rings is 1. The molecule has 0 spiro atoms. The van der Waals surface area contributed by atoms with Crippen LogP contribution in [-0.2, 0) is 10.2 Å². The van der Waals surface area contributed by atoms with Crippen LogP contribution in [0.1, 0.15) is 12.8 Å². The lowest BCUT2D eigenvalue weighted by Crippen LogP contribution is -2.49. The van der Waals surface area contributed by atoms with Gasteiger partial charge < -0.3 is 10.4 Å². The van der Waals surface area contributed by atoms with E-state index < -0.39 is 16.3 Å². The van der Waals surface area contributed by atoms with Crippen LogP contribution < -0.4 is 5.32 Å². The minimum absolute atomic E-state index is 0.147. The second-order valence-electron chi connectivity index (χ2n) is 3.91. The third-order valence-electron chi connectivity index (χ3n) is 2.57. The zero-order chi connectivity index (χ0) is 12.3. The van der Waals surface area contributed by atoms with Crippen LogP contribution in [0.15, 0.2) is 0 Å². The lowest BCUT2D eigenvalue weighted by Gasteiger charge is -2.32. The Bertz CT molecular complexity index is 346. The van der Waals surface area contributed by atoms with Gasteiger partial charge in [0, 0.05) is 33.2 Å². The minimum atomic E-state index is -3.36. The van der Waals surface area contributed by atoms with Gasteiger partial charge in [-0.25, -0.2) is 4.79 Å². The van der Waals surface area contributed by atoms with Gasteiger partial charge in [-0.1, -0.05) is 0 Å². The van der Waals surface area contributed by atoms with Crippen molar-refractivity contribution in [2.75, 3.05) is 27.2 Å². The molecule has 0 unspecified atom stereocenters. The van der Waals surface area contributed by atoms with Crippen molar-refractivity contribution in [3.05, 3.63) is 0 Å². The zero-order valence-corrected chi connectivity index (χ0v) is 10.2. The molecule has 1 aliphatic heterocycles. The Morgan fingerprint density at radius 2 is 1.88 bits per heavy atom. The molecule has 1 aliphatic rings. The maximum absolute atomic E-state index is 11.7. The summed E-state index contributed by atoms with van der Waals surface area (Å²) < 4.78 is 26.0. The molecule has 0 aliphatic carbocycles. The molecule has 0 aromatic heterocycles. The molecule has 1 heterocycles. The van der Waals surface area contributed by atoms with Crippen molar-refractivity contribution < 1.29 is 18.3 Å². The fraction of sp³-hybridized carbons (Fsp3) is 0.875. The maximum Gasteiger partial charge on any atom is 0.404 e. The smallest absolute Gasteiger partial charge is 0.404 e. The summed E-state index contributed by atoms with van der Waals surface area (Å²) in [6, 6.07) is -0.147. The Labute approximate surface area is 95.2 Å². The van der Waals surface area contributed by atoms with Gasteiger partial charge in [-0.05, 0) is 12.8 Å². The lowest BCUT2D eigenvalue weighted by atomic mass is 10.1. The van der Waals surface area contributed by atoms with Crippen molar-refractivity contribution in [1.29, 1.82) is 0 Å². The molecule has 2 N–H and O–H groups in total. The van der Waals surface area contributed by atoms with E-state index in [4.69, 9.17) is 5.11 Å². The molecule has 94 valence electrons. The molecular formula is C8H17N3O4S. The number of amides is 1. The standard InChI is InChI=1S/C8H17N3O4S/c1-10(2)16(14,15)11-5-3-7(4-6-11)9-8(12)13/h7,9H,3-6H2,1-2H3,(H,12,13). The van der Waals surface area contributed by atoms with Gasteiger partial charge in [0.15, 0.2) is 0 Å². The predicted molar refractivity (Wildman–Crippen MR) is 58.4 cm³/mol. The second kappa shape index (κ2) is 4.98. The summed E-state index contributed by atoms with van der Waals surface area (Å²) in [4.78, 5) is 10.4. The van der Waals surface area contributed by atoms with Crippen molar-refractivity contribution >= 4 is 16.3 Å². The number of nitrogens with one attached hydrogen (secondary N) is 1. The molecule has 0 aromatic rings. The monoisotopic (exact) mass is 251 g/mol. The third-order valence-corrected chi connectivity index (χ3v) is 4.51. The summed E-state index contributed by atoms with van der Waals surface area (Å²) in [5.74, 6) is 0. The van der Waals surface area contributed by atoms with E-state index in [2.05, 4.69) is 5.32 Å². The van der Waals surface area contributed by atoms with E-state index in [0.717, 1.165) is 4.31 Å². The van der Waals surface area contributed by atoms with Crippen LogP contribution in [0.3, 0.4) is 0 Å². The van der Waals surface area contributed by atoms with Crippen LogP contribution in [0, 0.1) is 0 Å². The van der Waals surface area contributed by atoms with Crippen LogP contribution >= 0.6 is 0 Å². The van der Waals surface area contributed by atoms with Crippen LogP contribution in [0.4, 0.5) is 4.79 Å². The Kier molecular flexibility index (Phi) is 4.11. The van der Waals surface area contributed by atoms with Gasteiger partial charge in [-0.15, -0.1) is 0 Å². The summed E-state index contributed by atoms with van der Waals surface area (Å²) in [5.41, 5.74) is 0. The van der Waals surface area contributed by atoms with Gasteiger partial charge in [-0.2, -0.15) is 17.0 Å². The number of carbonyl (C=O) groups is 1. The second-order valence-corrected chi connectivity index (χ2v) is 6.06. The zero-order valence-electron chi connectivity index (χ0n) is 9.38. The van der Waals surface area contributed by atoms with Crippen LogP contribution in [0.25, 0.3) is 0 Å². The summed E-state index contributed by atoms with van der Waals surface area (Å²) >= 11 is 0. The highest BCUT2D eigenvalue weighted by Gasteiger charge is 2.29. The van der Waals surface area contributed by atoms with E-state index in [1.807, 2.05) is 0 Å². The highest BCUT2D eigenvalue weighted by Crippen LogP contribution is 2.15. The quantitative estimate of drug-likeness (QED) is 0.709. The topological polar surface area (TPSA) is 90.0 Å². The molecule has 1 amide bonds. The average Bonchev–Trinajstić information content (AvgIpc) is 2.17. The molecule has 7 nitrogen and oxygen atoms in total. The predicted octanol–water partition coefficient (Wildman–Crippen LogP) is -0.475. The molecule has 0 saturated carbocycles. The number of carboxylic acid groups (broad SMARTS) is 1. The summed E-state index contributed by atoms with van der Waals surface area (Å²) in [6.07, 6.45) is -0.0347. The van der Waals surface area contributed by atoms with Gasteiger partial charge in [0.2, 0.25) is 0 Å². The summed E-state index contributed by atoms with van der Waals surface area (Å²) in [7, 11) is -0.394. The molecule has 0 bridgehead atoms. The largest absolute Gasteiger partial charge is 0.465 e. The van der Waals surface area contributed by atoms with E-state index in [1.54, 1.807) is 0 Å². The molecule has 0 atom stereocenters. The maximum atomic E-state index is 11.7. The number of rotatable bonds is 3. The SMILES string of the molecule is CN(C)S(=O)(=O)N1CCC(NC(=O)O)CC1. The van der Waals surface area contributed by atoms with Gasteiger partial charge in [-0.3, -0.25) is 0 Å². The van der Waals surface area contributed by atoms with Crippen LogP contribution in [0.5, 0.6) is 0 Å². The molecule has 1 fully saturated rings. The number of hydrogen-bond donors (Lipinski definition) is 2. The van der Waals surface area contributed by atoms with Crippen LogP contribution in [-0.4, -0.2) is 61.5 Å². The van der Waals surface area contributed by atoms with Crippen molar-refractivity contribution in [1.82, 2.24) is 13.9 Å². The van der Waals surface area contributed by atoms with Gasteiger partial charge in [0.25, 0.3) is 10.2 Å². The van der Waals surface area contributed by atoms with E-state index in [9.17, 15) is 13.2 Å². The fourth-order valence-electron chi connectivity index (χ4n) is 1.64. The van der Waals surface area contributed by atoms with E-state index in [0.29, 0.717) is 25.9 Å². The highest BCUT2D eigenvalue weighted by molar-refractivity contribution is 7.86. The minimum Gasteiger partial charge on any atom is -0.465 e. The molecule has 1 rings (SSSR count). The van der Waals surface area contributed by atoms with Crippen molar-refractivity contribution in [3.8, 4) is 0 Å². The van der Waals surface area contributed by atoms with Crippen LogP contribution in [0.2, 0.25) is 0 Å². The molecule has 8 heteroatoms. The Morgan fingerprint density at radius 1 is 1.38 bits per heavy atom. The van der Waals surface area contributed by atoms with E-state index in [1.165, 1.54) is 18.4 Å². The van der Waals surface area contributed by atoms with Gasteiger partial charge >= 0.3 is 6.09 Å². The average molecular weight is 251 g/mol.